The van der Waals surface area contributed by atoms with Gasteiger partial charge in [0.15, 0.2) is 0 Å². The number of allylic oxidation sites excluding steroid dienone is 1. The van der Waals surface area contributed by atoms with Crippen molar-refractivity contribution in [1.82, 2.24) is 0 Å². The molecule has 3 rings (SSSR count). The predicted molar refractivity (Wildman–Crippen MR) is 104 cm³/mol. The third kappa shape index (κ3) is 3.96. The second-order valence-electron chi connectivity index (χ2n) is 5.61. The van der Waals surface area contributed by atoms with Gasteiger partial charge in [-0.2, -0.15) is 5.26 Å². The van der Waals surface area contributed by atoms with E-state index in [-0.39, 0.29) is 21.5 Å². The zero-order valence-corrected chi connectivity index (χ0v) is 16.4. The smallest absolute Gasteiger partial charge is 0.218 e. The Hall–Kier alpha value is -2.46. The van der Waals surface area contributed by atoms with E-state index in [1.807, 2.05) is 0 Å². The molecule has 0 aliphatic carbocycles. The molecule has 0 fully saturated rings. The maximum Gasteiger partial charge on any atom is 0.218 e. The summed E-state index contributed by atoms with van der Waals surface area (Å²) in [5.74, 6) is 1.27. The molecule has 0 saturated carbocycles. The van der Waals surface area contributed by atoms with Crippen molar-refractivity contribution in [2.75, 3.05) is 13.7 Å². The molecule has 0 N–H and O–H groups in total. The van der Waals surface area contributed by atoms with Crippen molar-refractivity contribution in [3.05, 3.63) is 68.6 Å². The van der Waals surface area contributed by atoms with Crippen molar-refractivity contribution in [3.63, 3.8) is 0 Å². The number of sulfone groups is 1. The summed E-state index contributed by atoms with van der Waals surface area (Å²) in [5.41, 5.74) is 1.29. The van der Waals surface area contributed by atoms with E-state index in [9.17, 15) is 13.7 Å². The molecule has 0 aromatic heterocycles. The van der Waals surface area contributed by atoms with E-state index in [0.29, 0.717) is 17.1 Å². The van der Waals surface area contributed by atoms with E-state index in [1.54, 1.807) is 37.5 Å². The highest BCUT2D eigenvalue weighted by molar-refractivity contribution is 7.95. The van der Waals surface area contributed by atoms with Crippen LogP contribution in [0.2, 0.25) is 10.0 Å². The first-order valence-corrected chi connectivity index (χ1v) is 9.92. The fourth-order valence-corrected chi connectivity index (χ4v) is 4.44. The van der Waals surface area contributed by atoms with Gasteiger partial charge in [-0.1, -0.05) is 23.2 Å². The van der Waals surface area contributed by atoms with E-state index < -0.39 is 14.7 Å². The molecule has 138 valence electrons. The molecule has 0 radical (unpaired) electrons. The lowest BCUT2D eigenvalue weighted by Crippen LogP contribution is -2.09. The van der Waals surface area contributed by atoms with Crippen LogP contribution in [0.5, 0.6) is 11.5 Å². The van der Waals surface area contributed by atoms with Gasteiger partial charge in [0, 0.05) is 16.7 Å². The molecule has 8 heteroatoms. The van der Waals surface area contributed by atoms with Gasteiger partial charge in [-0.25, -0.2) is 8.42 Å². The Balaban J connectivity index is 2.03. The molecular formula is C19H13Cl2NO4S. The number of fused-ring (bicyclic) bond motifs is 1. The van der Waals surface area contributed by atoms with Crippen LogP contribution in [-0.2, 0) is 9.84 Å². The number of halogens is 2. The topological polar surface area (TPSA) is 76.4 Å². The minimum absolute atomic E-state index is 0.00753. The third-order valence-corrected chi connectivity index (χ3v) is 6.24. The highest BCUT2D eigenvalue weighted by atomic mass is 35.5. The standard InChI is InChI=1S/C19H13Cl2NO4S/c1-25-15-4-2-13-6-12(11-26-18(13)9-15)7-16(10-22)27(23,24)19-8-14(20)3-5-17(19)21/h2-9H,11H2,1H3/b16-7+. The quantitative estimate of drug-likeness (QED) is 0.670. The van der Waals surface area contributed by atoms with Crippen LogP contribution in [0.4, 0.5) is 0 Å². The van der Waals surface area contributed by atoms with Crippen molar-refractivity contribution in [2.45, 2.75) is 4.90 Å². The van der Waals surface area contributed by atoms with Gasteiger partial charge in [-0.15, -0.1) is 0 Å². The largest absolute Gasteiger partial charge is 0.497 e. The normalized spacial score (nSPS) is 13.9. The molecule has 0 amide bonds. The first kappa shape index (κ1) is 19.3. The molecule has 5 nitrogen and oxygen atoms in total. The van der Waals surface area contributed by atoms with Crippen molar-refractivity contribution in [2.24, 2.45) is 0 Å². The molecule has 27 heavy (non-hydrogen) atoms. The Morgan fingerprint density at radius 1 is 1.26 bits per heavy atom. The second kappa shape index (κ2) is 7.65. The maximum atomic E-state index is 12.8. The van der Waals surface area contributed by atoms with Crippen molar-refractivity contribution in [3.8, 4) is 17.6 Å². The number of hydrogen-bond acceptors (Lipinski definition) is 5. The fourth-order valence-electron chi connectivity index (χ4n) is 2.51. The van der Waals surface area contributed by atoms with Gasteiger partial charge in [-0.3, -0.25) is 0 Å². The zero-order chi connectivity index (χ0) is 19.6. The number of benzene rings is 2. The summed E-state index contributed by atoms with van der Waals surface area (Å²) < 4.78 is 36.4. The van der Waals surface area contributed by atoms with Crippen LogP contribution in [-0.4, -0.2) is 22.1 Å². The first-order chi connectivity index (χ1) is 12.8. The SMILES string of the molecule is COc1ccc2c(c1)OCC(/C=C(\C#N)S(=O)(=O)c1cc(Cl)ccc1Cl)=C2. The lowest BCUT2D eigenvalue weighted by molar-refractivity contribution is 0.346. The highest BCUT2D eigenvalue weighted by Gasteiger charge is 2.25. The van der Waals surface area contributed by atoms with Gasteiger partial charge >= 0.3 is 0 Å². The van der Waals surface area contributed by atoms with Gasteiger partial charge < -0.3 is 9.47 Å². The van der Waals surface area contributed by atoms with Crippen LogP contribution < -0.4 is 9.47 Å². The maximum absolute atomic E-state index is 12.8. The Bertz CT molecular complexity index is 1120. The molecule has 0 saturated heterocycles. The number of ether oxygens (including phenoxy) is 2. The molecule has 0 unspecified atom stereocenters. The molecule has 1 aliphatic heterocycles. The summed E-state index contributed by atoms with van der Waals surface area (Å²) in [6.45, 7) is 0.115. The monoisotopic (exact) mass is 421 g/mol. The minimum Gasteiger partial charge on any atom is -0.497 e. The van der Waals surface area contributed by atoms with E-state index in [0.717, 1.165) is 5.56 Å². The minimum atomic E-state index is -4.12. The lowest BCUT2D eigenvalue weighted by Gasteiger charge is -2.17. The number of nitrogens with zero attached hydrogens (tertiary/aromatic N) is 1. The van der Waals surface area contributed by atoms with Crippen molar-refractivity contribution < 1.29 is 17.9 Å². The van der Waals surface area contributed by atoms with Crippen LogP contribution >= 0.6 is 23.2 Å². The first-order valence-electron chi connectivity index (χ1n) is 7.68. The summed E-state index contributed by atoms with van der Waals surface area (Å²) in [4.78, 5) is -0.662. The average molecular weight is 422 g/mol. The van der Waals surface area contributed by atoms with Crippen LogP contribution in [0.3, 0.4) is 0 Å². The molecule has 2 aromatic rings. The van der Waals surface area contributed by atoms with E-state index in [1.165, 1.54) is 24.3 Å². The number of hydrogen-bond donors (Lipinski definition) is 0. The molecular weight excluding hydrogens is 409 g/mol. The second-order valence-corrected chi connectivity index (χ2v) is 8.34. The Morgan fingerprint density at radius 2 is 2.04 bits per heavy atom. The Labute approximate surface area is 167 Å². The van der Waals surface area contributed by atoms with Crippen molar-refractivity contribution >= 4 is 39.1 Å². The summed E-state index contributed by atoms with van der Waals surface area (Å²) >= 11 is 11.9. The van der Waals surface area contributed by atoms with E-state index in [4.69, 9.17) is 32.7 Å². The molecule has 0 atom stereocenters. The number of nitriles is 1. The van der Waals surface area contributed by atoms with Crippen LogP contribution in [0, 0.1) is 11.3 Å². The summed E-state index contributed by atoms with van der Waals surface area (Å²) in [6.07, 6.45) is 3.03. The average Bonchev–Trinajstić information content (AvgIpc) is 2.67. The number of methoxy groups -OCH3 is 1. The lowest BCUT2D eigenvalue weighted by atomic mass is 10.1. The highest BCUT2D eigenvalue weighted by Crippen LogP contribution is 2.33. The zero-order valence-electron chi connectivity index (χ0n) is 14.1. The van der Waals surface area contributed by atoms with Gasteiger partial charge in [-0.05, 0) is 48.1 Å². The Morgan fingerprint density at radius 3 is 2.74 bits per heavy atom. The van der Waals surface area contributed by atoms with Gasteiger partial charge in [0.25, 0.3) is 0 Å². The Kier molecular flexibility index (Phi) is 5.47. The van der Waals surface area contributed by atoms with Crippen LogP contribution in [0.15, 0.2) is 57.8 Å². The van der Waals surface area contributed by atoms with Crippen molar-refractivity contribution in [1.29, 1.82) is 5.26 Å². The molecule has 2 aromatic carbocycles. The molecule has 0 spiro atoms. The summed E-state index contributed by atoms with van der Waals surface area (Å²) in [5, 5.41) is 9.62. The van der Waals surface area contributed by atoms with Crippen LogP contribution in [0.25, 0.3) is 6.08 Å². The summed E-state index contributed by atoms with van der Waals surface area (Å²) in [7, 11) is -2.57. The third-order valence-electron chi connectivity index (χ3n) is 3.85. The van der Waals surface area contributed by atoms with Gasteiger partial charge in [0.1, 0.15) is 29.1 Å². The number of rotatable bonds is 4. The van der Waals surface area contributed by atoms with Crippen LogP contribution in [0.1, 0.15) is 5.56 Å². The molecule has 1 heterocycles. The van der Waals surface area contributed by atoms with E-state index in [2.05, 4.69) is 0 Å². The van der Waals surface area contributed by atoms with E-state index >= 15 is 0 Å². The predicted octanol–water partition coefficient (Wildman–Crippen LogP) is 4.66. The fraction of sp³-hybridized carbons (Fsp3) is 0.105. The van der Waals surface area contributed by atoms with Gasteiger partial charge in [0.05, 0.1) is 17.0 Å². The molecule has 1 aliphatic rings. The van der Waals surface area contributed by atoms with Gasteiger partial charge in [0.2, 0.25) is 9.84 Å². The molecule has 0 bridgehead atoms. The summed E-state index contributed by atoms with van der Waals surface area (Å²) in [6, 6.07) is 11.1.